The van der Waals surface area contributed by atoms with E-state index in [-0.39, 0.29) is 11.8 Å². The van der Waals surface area contributed by atoms with Crippen LogP contribution in [0.15, 0.2) is 0 Å². The van der Waals surface area contributed by atoms with Crippen LogP contribution < -0.4 is 0 Å². The number of rotatable bonds is 6. The van der Waals surface area contributed by atoms with Crippen molar-refractivity contribution in [3.63, 3.8) is 0 Å². The maximum Gasteiger partial charge on any atom is 0.224 e. The van der Waals surface area contributed by atoms with Crippen LogP contribution in [-0.2, 0) is 19.1 Å². The molecule has 7 nitrogen and oxygen atoms in total. The zero-order chi connectivity index (χ0) is 15.8. The maximum atomic E-state index is 12.0. The Morgan fingerprint density at radius 1 is 0.818 bits per heavy atom. The highest BCUT2D eigenvalue weighted by molar-refractivity contribution is 5.77. The van der Waals surface area contributed by atoms with Gasteiger partial charge in [0, 0.05) is 52.1 Å². The minimum absolute atomic E-state index is 0.176. The third-order valence-corrected chi connectivity index (χ3v) is 4.14. The Balaban J connectivity index is 1.59. The molecule has 2 aliphatic heterocycles. The van der Waals surface area contributed by atoms with Gasteiger partial charge in [0.15, 0.2) is 0 Å². The predicted octanol–water partition coefficient (Wildman–Crippen LogP) is -0.584. The van der Waals surface area contributed by atoms with Gasteiger partial charge in [0.2, 0.25) is 11.8 Å². The molecule has 0 spiro atoms. The summed E-state index contributed by atoms with van der Waals surface area (Å²) in [5.74, 6) is 0.351. The normalized spacial score (nSPS) is 19.5. The van der Waals surface area contributed by atoms with E-state index in [0.717, 1.165) is 0 Å². The predicted molar refractivity (Wildman–Crippen MR) is 81.5 cm³/mol. The second-order valence-corrected chi connectivity index (χ2v) is 5.79. The van der Waals surface area contributed by atoms with Crippen molar-refractivity contribution >= 4 is 11.8 Å². The van der Waals surface area contributed by atoms with E-state index in [4.69, 9.17) is 9.47 Å². The smallest absolute Gasteiger partial charge is 0.224 e. The molecule has 0 radical (unpaired) electrons. The summed E-state index contributed by atoms with van der Waals surface area (Å²) < 4.78 is 10.5. The van der Waals surface area contributed by atoms with E-state index in [2.05, 4.69) is 4.90 Å². The molecule has 0 aromatic carbocycles. The number of carbonyl (C=O) groups is 2. The van der Waals surface area contributed by atoms with E-state index < -0.39 is 0 Å². The van der Waals surface area contributed by atoms with Gasteiger partial charge in [-0.1, -0.05) is 0 Å². The zero-order valence-electron chi connectivity index (χ0n) is 13.5. The van der Waals surface area contributed by atoms with Gasteiger partial charge in [0.25, 0.3) is 0 Å². The molecule has 2 aliphatic rings. The van der Waals surface area contributed by atoms with Gasteiger partial charge in [-0.05, 0) is 7.05 Å². The van der Waals surface area contributed by atoms with E-state index in [0.29, 0.717) is 78.5 Å². The minimum atomic E-state index is 0.176. The first kappa shape index (κ1) is 17.2. The summed E-state index contributed by atoms with van der Waals surface area (Å²) >= 11 is 0. The van der Waals surface area contributed by atoms with Gasteiger partial charge in [-0.3, -0.25) is 9.59 Å². The molecule has 0 N–H and O–H groups in total. The number of carbonyl (C=O) groups excluding carboxylic acids is 2. The van der Waals surface area contributed by atoms with Crippen molar-refractivity contribution < 1.29 is 19.1 Å². The molecular weight excluding hydrogens is 286 g/mol. The van der Waals surface area contributed by atoms with Crippen LogP contribution >= 0.6 is 0 Å². The summed E-state index contributed by atoms with van der Waals surface area (Å²) in [5.41, 5.74) is 0. The summed E-state index contributed by atoms with van der Waals surface area (Å²) in [4.78, 5) is 29.9. The SMILES string of the molecule is CN(CCC(=O)N1CCOCC1)CCC(=O)N1CCOCC1. The minimum Gasteiger partial charge on any atom is -0.378 e. The Morgan fingerprint density at radius 2 is 1.18 bits per heavy atom. The van der Waals surface area contributed by atoms with E-state index in [9.17, 15) is 9.59 Å². The fourth-order valence-corrected chi connectivity index (χ4v) is 2.63. The standard InChI is InChI=1S/C15H27N3O4/c1-16(4-2-14(19)17-6-10-21-11-7-17)5-3-15(20)18-8-12-22-13-9-18/h2-13H2,1H3. The lowest BCUT2D eigenvalue weighted by Crippen LogP contribution is -2.43. The summed E-state index contributed by atoms with van der Waals surface area (Å²) in [5, 5.41) is 0. The van der Waals surface area contributed by atoms with Crippen LogP contribution in [0, 0.1) is 0 Å². The monoisotopic (exact) mass is 313 g/mol. The Labute approximate surface area is 132 Å². The van der Waals surface area contributed by atoms with Crippen LogP contribution in [0.5, 0.6) is 0 Å². The van der Waals surface area contributed by atoms with Crippen LogP contribution in [0.4, 0.5) is 0 Å². The van der Waals surface area contributed by atoms with Crippen molar-refractivity contribution in [1.82, 2.24) is 14.7 Å². The molecule has 22 heavy (non-hydrogen) atoms. The average molecular weight is 313 g/mol. The molecule has 0 unspecified atom stereocenters. The Morgan fingerprint density at radius 3 is 1.55 bits per heavy atom. The number of amides is 2. The van der Waals surface area contributed by atoms with Crippen LogP contribution in [-0.4, -0.2) is 99.3 Å². The molecule has 0 bridgehead atoms. The first-order valence-corrected chi connectivity index (χ1v) is 8.06. The molecule has 7 heteroatoms. The first-order valence-electron chi connectivity index (χ1n) is 8.06. The van der Waals surface area contributed by atoms with Crippen LogP contribution in [0.25, 0.3) is 0 Å². The molecule has 126 valence electrons. The van der Waals surface area contributed by atoms with Crippen LogP contribution in [0.3, 0.4) is 0 Å². The van der Waals surface area contributed by atoms with E-state index in [1.54, 1.807) is 0 Å². The lowest BCUT2D eigenvalue weighted by molar-refractivity contribution is -0.135. The molecule has 2 fully saturated rings. The molecular formula is C15H27N3O4. The van der Waals surface area contributed by atoms with Crippen molar-refractivity contribution in [1.29, 1.82) is 0 Å². The number of morpholine rings is 2. The summed E-state index contributed by atoms with van der Waals surface area (Å²) in [6.07, 6.45) is 1.00. The second kappa shape index (κ2) is 9.07. The fraction of sp³-hybridized carbons (Fsp3) is 0.867. The second-order valence-electron chi connectivity index (χ2n) is 5.79. The number of nitrogens with zero attached hydrogens (tertiary/aromatic N) is 3. The molecule has 0 aliphatic carbocycles. The molecule has 2 rings (SSSR count). The summed E-state index contributed by atoms with van der Waals surface area (Å²) in [6.45, 7) is 6.68. The largest absolute Gasteiger partial charge is 0.378 e. The topological polar surface area (TPSA) is 62.3 Å². The van der Waals surface area contributed by atoms with Gasteiger partial charge >= 0.3 is 0 Å². The van der Waals surface area contributed by atoms with Crippen molar-refractivity contribution in [2.45, 2.75) is 12.8 Å². The van der Waals surface area contributed by atoms with E-state index >= 15 is 0 Å². The number of hydrogen-bond donors (Lipinski definition) is 0. The maximum absolute atomic E-state index is 12.0. The van der Waals surface area contributed by atoms with Gasteiger partial charge in [0.05, 0.1) is 26.4 Å². The fourth-order valence-electron chi connectivity index (χ4n) is 2.63. The van der Waals surface area contributed by atoms with Gasteiger partial charge in [-0.25, -0.2) is 0 Å². The van der Waals surface area contributed by atoms with Gasteiger partial charge < -0.3 is 24.2 Å². The molecule has 0 aromatic heterocycles. The Kier molecular flexibility index (Phi) is 7.08. The Bertz CT molecular complexity index is 332. The highest BCUT2D eigenvalue weighted by atomic mass is 16.5. The van der Waals surface area contributed by atoms with E-state index in [1.807, 2.05) is 16.8 Å². The molecule has 2 heterocycles. The van der Waals surface area contributed by atoms with Crippen molar-refractivity contribution in [2.75, 3.05) is 72.7 Å². The molecule has 0 aromatic rings. The van der Waals surface area contributed by atoms with Gasteiger partial charge in [-0.2, -0.15) is 0 Å². The Hall–Kier alpha value is -1.18. The van der Waals surface area contributed by atoms with E-state index in [1.165, 1.54) is 0 Å². The molecule has 2 saturated heterocycles. The number of hydrogen-bond acceptors (Lipinski definition) is 5. The third kappa shape index (κ3) is 5.55. The van der Waals surface area contributed by atoms with Crippen LogP contribution in [0.2, 0.25) is 0 Å². The molecule has 0 saturated carbocycles. The summed E-state index contributed by atoms with van der Waals surface area (Å²) in [7, 11) is 1.96. The highest BCUT2D eigenvalue weighted by Gasteiger charge is 2.19. The first-order chi connectivity index (χ1) is 10.7. The highest BCUT2D eigenvalue weighted by Crippen LogP contribution is 2.03. The third-order valence-electron chi connectivity index (χ3n) is 4.14. The summed E-state index contributed by atoms with van der Waals surface area (Å²) in [6, 6.07) is 0. The number of ether oxygens (including phenoxy) is 2. The van der Waals surface area contributed by atoms with Crippen LogP contribution in [0.1, 0.15) is 12.8 Å². The van der Waals surface area contributed by atoms with Crippen molar-refractivity contribution in [3.05, 3.63) is 0 Å². The van der Waals surface area contributed by atoms with Gasteiger partial charge in [-0.15, -0.1) is 0 Å². The van der Waals surface area contributed by atoms with Crippen molar-refractivity contribution in [2.24, 2.45) is 0 Å². The lowest BCUT2D eigenvalue weighted by atomic mass is 10.3. The lowest BCUT2D eigenvalue weighted by Gasteiger charge is -2.28. The average Bonchev–Trinajstić information content (AvgIpc) is 2.59. The zero-order valence-corrected chi connectivity index (χ0v) is 13.5. The molecule has 0 atom stereocenters. The molecule has 2 amide bonds. The quantitative estimate of drug-likeness (QED) is 0.656. The van der Waals surface area contributed by atoms with Crippen molar-refractivity contribution in [3.8, 4) is 0 Å². The van der Waals surface area contributed by atoms with Gasteiger partial charge in [0.1, 0.15) is 0 Å².